The Labute approximate surface area is 102 Å². The van der Waals surface area contributed by atoms with Gasteiger partial charge in [-0.05, 0) is 27.7 Å². The molecule has 5 nitrogen and oxygen atoms in total. The van der Waals surface area contributed by atoms with E-state index < -0.39 is 11.4 Å². The molecule has 0 aromatic carbocycles. The lowest BCUT2D eigenvalue weighted by molar-refractivity contribution is -0.159. The predicted molar refractivity (Wildman–Crippen MR) is 62.7 cm³/mol. The Kier molecular flexibility index (Phi) is 7.74. The van der Waals surface area contributed by atoms with Gasteiger partial charge < -0.3 is 14.2 Å². The Bertz CT molecular complexity index is 247. The normalized spacial score (nSPS) is 11.3. The van der Waals surface area contributed by atoms with Crippen molar-refractivity contribution in [2.75, 3.05) is 33.0 Å². The monoisotopic (exact) mass is 246 g/mol. The van der Waals surface area contributed by atoms with Crippen LogP contribution >= 0.6 is 0 Å². The van der Waals surface area contributed by atoms with E-state index in [1.165, 1.54) is 0 Å². The first kappa shape index (κ1) is 16.1. The molecule has 0 amide bonds. The van der Waals surface area contributed by atoms with Crippen LogP contribution in [0.3, 0.4) is 0 Å². The van der Waals surface area contributed by atoms with Gasteiger partial charge in [0.25, 0.3) is 0 Å². The molecule has 0 aromatic heterocycles. The third-order valence-electron chi connectivity index (χ3n) is 2.29. The molecule has 0 saturated carbocycles. The van der Waals surface area contributed by atoms with Crippen molar-refractivity contribution in [3.05, 3.63) is 0 Å². The SMILES string of the molecule is CCOCCOCC(=O)C(C)(C)C(=O)OCC. The third kappa shape index (κ3) is 5.79. The van der Waals surface area contributed by atoms with E-state index in [2.05, 4.69) is 0 Å². The Hall–Kier alpha value is -0.940. The molecule has 0 unspecified atom stereocenters. The van der Waals surface area contributed by atoms with E-state index in [4.69, 9.17) is 14.2 Å². The molecule has 0 bridgehead atoms. The molecule has 0 heterocycles. The van der Waals surface area contributed by atoms with E-state index in [0.717, 1.165) is 0 Å². The molecule has 100 valence electrons. The van der Waals surface area contributed by atoms with Crippen molar-refractivity contribution in [2.45, 2.75) is 27.7 Å². The fraction of sp³-hybridized carbons (Fsp3) is 0.833. The van der Waals surface area contributed by atoms with Crippen molar-refractivity contribution in [2.24, 2.45) is 5.41 Å². The van der Waals surface area contributed by atoms with E-state index in [9.17, 15) is 9.59 Å². The van der Waals surface area contributed by atoms with E-state index in [1.54, 1.807) is 20.8 Å². The number of hydrogen-bond acceptors (Lipinski definition) is 5. The van der Waals surface area contributed by atoms with Crippen molar-refractivity contribution >= 4 is 11.8 Å². The lowest BCUT2D eigenvalue weighted by atomic mass is 9.88. The lowest BCUT2D eigenvalue weighted by Crippen LogP contribution is -2.37. The summed E-state index contributed by atoms with van der Waals surface area (Å²) in [7, 11) is 0. The standard InChI is InChI=1S/C12H22O5/c1-5-15-7-8-16-9-10(13)12(3,4)11(14)17-6-2/h5-9H2,1-4H3. The van der Waals surface area contributed by atoms with Crippen LogP contribution in [0, 0.1) is 5.41 Å². The summed E-state index contributed by atoms with van der Waals surface area (Å²) in [5.74, 6) is -0.800. The summed E-state index contributed by atoms with van der Waals surface area (Å²) in [5, 5.41) is 0. The maximum absolute atomic E-state index is 11.7. The minimum Gasteiger partial charge on any atom is -0.465 e. The van der Waals surface area contributed by atoms with Crippen molar-refractivity contribution in [3.63, 3.8) is 0 Å². The third-order valence-corrected chi connectivity index (χ3v) is 2.29. The molecule has 0 radical (unpaired) electrons. The molecular weight excluding hydrogens is 224 g/mol. The molecule has 0 fully saturated rings. The van der Waals surface area contributed by atoms with Gasteiger partial charge in [0.05, 0.1) is 19.8 Å². The van der Waals surface area contributed by atoms with Crippen molar-refractivity contribution < 1.29 is 23.8 Å². The second kappa shape index (κ2) is 8.20. The smallest absolute Gasteiger partial charge is 0.319 e. The quantitative estimate of drug-likeness (QED) is 0.347. The summed E-state index contributed by atoms with van der Waals surface area (Å²) in [4.78, 5) is 23.3. The first-order valence-electron chi connectivity index (χ1n) is 5.82. The summed E-state index contributed by atoms with van der Waals surface area (Å²) in [6.07, 6.45) is 0. The zero-order valence-corrected chi connectivity index (χ0v) is 11.1. The number of rotatable bonds is 9. The Morgan fingerprint density at radius 2 is 1.59 bits per heavy atom. The van der Waals surface area contributed by atoms with Gasteiger partial charge in [0.2, 0.25) is 0 Å². The van der Waals surface area contributed by atoms with Gasteiger partial charge in [-0.3, -0.25) is 9.59 Å². The maximum atomic E-state index is 11.7. The highest BCUT2D eigenvalue weighted by Crippen LogP contribution is 2.18. The van der Waals surface area contributed by atoms with E-state index in [-0.39, 0.29) is 19.0 Å². The van der Waals surface area contributed by atoms with Crippen molar-refractivity contribution in [1.82, 2.24) is 0 Å². The highest BCUT2D eigenvalue weighted by atomic mass is 16.5. The molecule has 0 spiro atoms. The molecule has 0 saturated heterocycles. The van der Waals surface area contributed by atoms with Crippen LogP contribution in [0.25, 0.3) is 0 Å². The van der Waals surface area contributed by atoms with Crippen LogP contribution in [0.1, 0.15) is 27.7 Å². The predicted octanol–water partition coefficient (Wildman–Crippen LogP) is 1.20. The van der Waals surface area contributed by atoms with Crippen molar-refractivity contribution in [1.29, 1.82) is 0 Å². The number of carbonyl (C=O) groups is 2. The second-order valence-corrected chi connectivity index (χ2v) is 4.02. The number of ether oxygens (including phenoxy) is 3. The Morgan fingerprint density at radius 1 is 1.00 bits per heavy atom. The molecular formula is C12H22O5. The second-order valence-electron chi connectivity index (χ2n) is 4.02. The zero-order valence-electron chi connectivity index (χ0n) is 11.1. The van der Waals surface area contributed by atoms with Gasteiger partial charge in [-0.25, -0.2) is 0 Å². The minimum atomic E-state index is -1.15. The number of Topliss-reactive ketones (excluding diaryl/α,β-unsaturated/α-hetero) is 1. The molecule has 0 aliphatic heterocycles. The first-order chi connectivity index (χ1) is 7.96. The molecule has 0 N–H and O–H groups in total. The van der Waals surface area contributed by atoms with Crippen LogP contribution in [-0.4, -0.2) is 44.8 Å². The lowest BCUT2D eigenvalue weighted by Gasteiger charge is -2.20. The summed E-state index contributed by atoms with van der Waals surface area (Å²) in [6.45, 7) is 8.25. The van der Waals surface area contributed by atoms with Gasteiger partial charge in [-0.15, -0.1) is 0 Å². The minimum absolute atomic E-state index is 0.0983. The Balaban J connectivity index is 3.99. The average Bonchev–Trinajstić information content (AvgIpc) is 2.28. The van der Waals surface area contributed by atoms with Crippen molar-refractivity contribution in [3.8, 4) is 0 Å². The summed E-state index contributed by atoms with van der Waals surface area (Å²) in [6, 6.07) is 0. The number of ketones is 1. The summed E-state index contributed by atoms with van der Waals surface area (Å²) >= 11 is 0. The van der Waals surface area contributed by atoms with Crippen LogP contribution in [0.4, 0.5) is 0 Å². The van der Waals surface area contributed by atoms with Gasteiger partial charge in [0.1, 0.15) is 12.0 Å². The number of carbonyl (C=O) groups excluding carboxylic acids is 2. The van der Waals surface area contributed by atoms with Crippen LogP contribution in [0.5, 0.6) is 0 Å². The zero-order chi connectivity index (χ0) is 13.3. The number of esters is 1. The largest absolute Gasteiger partial charge is 0.465 e. The molecule has 0 atom stereocenters. The molecule has 0 aromatic rings. The first-order valence-corrected chi connectivity index (χ1v) is 5.82. The summed E-state index contributed by atoms with van der Waals surface area (Å²) in [5.41, 5.74) is -1.15. The molecule has 0 aliphatic rings. The average molecular weight is 246 g/mol. The van der Waals surface area contributed by atoms with Gasteiger partial charge in [0, 0.05) is 6.61 Å². The van der Waals surface area contributed by atoms with Gasteiger partial charge in [-0.1, -0.05) is 0 Å². The fourth-order valence-electron chi connectivity index (χ4n) is 1.03. The fourth-order valence-corrected chi connectivity index (χ4v) is 1.03. The van der Waals surface area contributed by atoms with Crippen LogP contribution in [0.2, 0.25) is 0 Å². The van der Waals surface area contributed by atoms with E-state index in [0.29, 0.717) is 19.8 Å². The van der Waals surface area contributed by atoms with Gasteiger partial charge >= 0.3 is 5.97 Å². The maximum Gasteiger partial charge on any atom is 0.319 e. The molecule has 5 heteroatoms. The van der Waals surface area contributed by atoms with Gasteiger partial charge in [0.15, 0.2) is 5.78 Å². The molecule has 17 heavy (non-hydrogen) atoms. The highest BCUT2D eigenvalue weighted by molar-refractivity contribution is 6.03. The molecule has 0 aliphatic carbocycles. The van der Waals surface area contributed by atoms with E-state index in [1.807, 2.05) is 6.92 Å². The number of hydrogen-bond donors (Lipinski definition) is 0. The summed E-state index contributed by atoms with van der Waals surface area (Å²) < 4.78 is 15.0. The Morgan fingerprint density at radius 3 is 2.12 bits per heavy atom. The van der Waals surface area contributed by atoms with Crippen LogP contribution in [0.15, 0.2) is 0 Å². The molecule has 0 rings (SSSR count). The van der Waals surface area contributed by atoms with E-state index >= 15 is 0 Å². The van der Waals surface area contributed by atoms with Crippen LogP contribution in [-0.2, 0) is 23.8 Å². The highest BCUT2D eigenvalue weighted by Gasteiger charge is 2.37. The van der Waals surface area contributed by atoms with Crippen LogP contribution < -0.4 is 0 Å². The topological polar surface area (TPSA) is 61.8 Å². The van der Waals surface area contributed by atoms with Gasteiger partial charge in [-0.2, -0.15) is 0 Å².